The Bertz CT molecular complexity index is 867. The van der Waals surface area contributed by atoms with Gasteiger partial charge in [0.05, 0.1) is 11.8 Å². The van der Waals surface area contributed by atoms with Gasteiger partial charge in [-0.3, -0.25) is 9.59 Å². The van der Waals surface area contributed by atoms with Crippen molar-refractivity contribution in [1.82, 2.24) is 4.90 Å². The van der Waals surface area contributed by atoms with Crippen molar-refractivity contribution in [2.24, 2.45) is 5.92 Å². The Kier molecular flexibility index (Phi) is 6.31. The van der Waals surface area contributed by atoms with Gasteiger partial charge < -0.3 is 14.5 Å². The fourth-order valence-electron chi connectivity index (χ4n) is 4.11. The van der Waals surface area contributed by atoms with Crippen molar-refractivity contribution in [1.29, 1.82) is 0 Å². The number of nitrogens with zero attached hydrogens (tertiary/aromatic N) is 2. The molecule has 2 fully saturated rings. The number of hydrogen-bond acceptors (Lipinski definition) is 3. The van der Waals surface area contributed by atoms with E-state index < -0.39 is 5.92 Å². The highest BCUT2D eigenvalue weighted by atomic mass is 79.9. The zero-order valence-electron chi connectivity index (χ0n) is 16.3. The summed E-state index contributed by atoms with van der Waals surface area (Å²) in [7, 11) is 0. The molecule has 2 aromatic carbocycles. The third kappa shape index (κ3) is 4.54. The Labute approximate surface area is 179 Å². The topological polar surface area (TPSA) is 49.9 Å². The summed E-state index contributed by atoms with van der Waals surface area (Å²) in [6.45, 7) is 2.33. The maximum Gasteiger partial charge on any atom is 0.239 e. The van der Waals surface area contributed by atoms with Crippen molar-refractivity contribution in [3.63, 3.8) is 0 Å². The van der Waals surface area contributed by atoms with Gasteiger partial charge in [-0.2, -0.15) is 0 Å². The van der Waals surface area contributed by atoms with Crippen LogP contribution in [0.5, 0.6) is 0 Å². The Morgan fingerprint density at radius 2 is 1.86 bits per heavy atom. The van der Waals surface area contributed by atoms with E-state index in [2.05, 4.69) is 15.9 Å². The van der Waals surface area contributed by atoms with Crippen LogP contribution < -0.4 is 4.90 Å². The Balaban J connectivity index is 1.52. The van der Waals surface area contributed by atoms with Crippen molar-refractivity contribution >= 4 is 33.4 Å². The molecule has 6 heteroatoms. The van der Waals surface area contributed by atoms with Crippen LogP contribution in [-0.4, -0.2) is 42.5 Å². The summed E-state index contributed by atoms with van der Waals surface area (Å²) in [5.41, 5.74) is 1.88. The molecule has 2 aliphatic heterocycles. The van der Waals surface area contributed by atoms with Crippen molar-refractivity contribution < 1.29 is 14.3 Å². The van der Waals surface area contributed by atoms with Crippen LogP contribution >= 0.6 is 15.9 Å². The summed E-state index contributed by atoms with van der Waals surface area (Å²) in [5, 5.41) is 0. The molecule has 4 rings (SSSR count). The molecule has 0 radical (unpaired) electrons. The first kappa shape index (κ1) is 20.1. The average Bonchev–Trinajstić information content (AvgIpc) is 3.38. The number of para-hydroxylation sites is 1. The fraction of sp³-hybridized carbons (Fsp3) is 0.391. The predicted molar refractivity (Wildman–Crippen MR) is 115 cm³/mol. The van der Waals surface area contributed by atoms with Crippen LogP contribution in [0.15, 0.2) is 59.1 Å². The number of halogens is 1. The van der Waals surface area contributed by atoms with Gasteiger partial charge in [0, 0.05) is 30.7 Å². The van der Waals surface area contributed by atoms with Crippen LogP contribution in [0.2, 0.25) is 0 Å². The van der Waals surface area contributed by atoms with Gasteiger partial charge in [-0.1, -0.05) is 42.5 Å². The molecular formula is C23H25BrN2O3. The number of carbonyl (C=O) groups excluding carboxylic acids is 2. The minimum atomic E-state index is -0.632. The summed E-state index contributed by atoms with van der Waals surface area (Å²) >= 11 is 3.52. The van der Waals surface area contributed by atoms with E-state index in [0.717, 1.165) is 35.2 Å². The van der Waals surface area contributed by atoms with Crippen LogP contribution in [0.4, 0.5) is 5.69 Å². The molecule has 152 valence electrons. The number of hydrogen-bond donors (Lipinski definition) is 0. The molecule has 2 saturated heterocycles. The molecule has 2 aliphatic rings. The maximum atomic E-state index is 13.4. The lowest BCUT2D eigenvalue weighted by Crippen LogP contribution is -2.43. The second-order valence-corrected chi connectivity index (χ2v) is 8.48. The monoisotopic (exact) mass is 456 g/mol. The molecule has 0 spiro atoms. The second kappa shape index (κ2) is 9.09. The van der Waals surface area contributed by atoms with Gasteiger partial charge in [-0.25, -0.2) is 0 Å². The zero-order valence-corrected chi connectivity index (χ0v) is 17.9. The molecule has 0 bridgehead atoms. The van der Waals surface area contributed by atoms with Gasteiger partial charge in [-0.05, 0) is 52.9 Å². The SMILES string of the molecule is O=C(C1CCN(c2ccccc2Br)C1=O)N(Cc1ccccc1)CC1CCCO1. The highest BCUT2D eigenvalue weighted by molar-refractivity contribution is 9.10. The van der Waals surface area contributed by atoms with Gasteiger partial charge in [-0.15, -0.1) is 0 Å². The number of amides is 2. The molecule has 2 aromatic rings. The van der Waals surface area contributed by atoms with E-state index in [9.17, 15) is 9.59 Å². The van der Waals surface area contributed by atoms with Crippen molar-refractivity contribution in [3.8, 4) is 0 Å². The van der Waals surface area contributed by atoms with Crippen molar-refractivity contribution in [3.05, 3.63) is 64.6 Å². The van der Waals surface area contributed by atoms with E-state index in [1.54, 1.807) is 4.90 Å². The first-order valence-electron chi connectivity index (χ1n) is 10.1. The predicted octanol–water partition coefficient (Wildman–Crippen LogP) is 4.01. The van der Waals surface area contributed by atoms with E-state index in [-0.39, 0.29) is 17.9 Å². The maximum absolute atomic E-state index is 13.4. The van der Waals surface area contributed by atoms with Crippen LogP contribution in [0, 0.1) is 5.92 Å². The first-order valence-corrected chi connectivity index (χ1v) is 10.9. The van der Waals surface area contributed by atoms with E-state index >= 15 is 0 Å². The molecule has 2 heterocycles. The Morgan fingerprint density at radius 3 is 2.59 bits per heavy atom. The molecule has 2 atom stereocenters. The van der Waals surface area contributed by atoms with Gasteiger partial charge >= 0.3 is 0 Å². The quantitative estimate of drug-likeness (QED) is 0.616. The summed E-state index contributed by atoms with van der Waals surface area (Å²) in [6, 6.07) is 17.6. The van der Waals surface area contributed by atoms with E-state index in [4.69, 9.17) is 4.74 Å². The van der Waals surface area contributed by atoms with Crippen molar-refractivity contribution in [2.45, 2.75) is 31.9 Å². The Morgan fingerprint density at radius 1 is 1.10 bits per heavy atom. The first-order chi connectivity index (χ1) is 14.1. The molecule has 0 N–H and O–H groups in total. The zero-order chi connectivity index (χ0) is 20.2. The number of benzene rings is 2. The molecule has 0 aromatic heterocycles. The van der Waals surface area contributed by atoms with Crippen LogP contribution in [0.25, 0.3) is 0 Å². The van der Waals surface area contributed by atoms with Gasteiger partial charge in [0.25, 0.3) is 0 Å². The standard InChI is InChI=1S/C23H25BrN2O3/c24-20-10-4-5-11-21(20)26-13-12-19(23(26)28)22(27)25(16-18-9-6-14-29-18)15-17-7-2-1-3-8-17/h1-5,7-8,10-11,18-19H,6,9,12-16H2. The van der Waals surface area contributed by atoms with Crippen LogP contribution in [-0.2, 0) is 20.9 Å². The molecule has 29 heavy (non-hydrogen) atoms. The Hall–Kier alpha value is -2.18. The number of carbonyl (C=O) groups is 2. The minimum absolute atomic E-state index is 0.0542. The van der Waals surface area contributed by atoms with Gasteiger partial charge in [0.2, 0.25) is 11.8 Å². The molecule has 0 saturated carbocycles. The number of anilines is 1. The minimum Gasteiger partial charge on any atom is -0.376 e. The molecular weight excluding hydrogens is 432 g/mol. The van der Waals surface area contributed by atoms with E-state index in [0.29, 0.717) is 26.1 Å². The molecule has 0 aliphatic carbocycles. The lowest BCUT2D eigenvalue weighted by atomic mass is 10.0. The van der Waals surface area contributed by atoms with Crippen LogP contribution in [0.1, 0.15) is 24.8 Å². The van der Waals surface area contributed by atoms with Gasteiger partial charge in [0.1, 0.15) is 5.92 Å². The summed E-state index contributed by atoms with van der Waals surface area (Å²) in [4.78, 5) is 30.1. The van der Waals surface area contributed by atoms with Gasteiger partial charge in [0.15, 0.2) is 0 Å². The second-order valence-electron chi connectivity index (χ2n) is 7.62. The van der Waals surface area contributed by atoms with E-state index in [1.807, 2.05) is 59.5 Å². The molecule has 2 unspecified atom stereocenters. The lowest BCUT2D eigenvalue weighted by Gasteiger charge is -2.28. The highest BCUT2D eigenvalue weighted by Crippen LogP contribution is 2.32. The van der Waals surface area contributed by atoms with Crippen LogP contribution in [0.3, 0.4) is 0 Å². The van der Waals surface area contributed by atoms with E-state index in [1.165, 1.54) is 0 Å². The van der Waals surface area contributed by atoms with Crippen molar-refractivity contribution in [2.75, 3.05) is 24.6 Å². The third-order valence-electron chi connectivity index (χ3n) is 5.62. The number of rotatable bonds is 6. The summed E-state index contributed by atoms with van der Waals surface area (Å²) < 4.78 is 6.63. The molecule has 2 amide bonds. The largest absolute Gasteiger partial charge is 0.376 e. The summed E-state index contributed by atoms with van der Waals surface area (Å²) in [6.07, 6.45) is 2.57. The lowest BCUT2D eigenvalue weighted by molar-refractivity contribution is -0.141. The average molecular weight is 457 g/mol. The smallest absolute Gasteiger partial charge is 0.239 e. The molecule has 5 nitrogen and oxygen atoms in total. The number of ether oxygens (including phenoxy) is 1. The highest BCUT2D eigenvalue weighted by Gasteiger charge is 2.40. The summed E-state index contributed by atoms with van der Waals surface area (Å²) in [5.74, 6) is -0.844. The normalized spacial score (nSPS) is 21.6. The third-order valence-corrected chi connectivity index (χ3v) is 6.29. The fourth-order valence-corrected chi connectivity index (χ4v) is 4.61.